The summed E-state index contributed by atoms with van der Waals surface area (Å²) >= 11 is 0. The van der Waals surface area contributed by atoms with Gasteiger partial charge in [0.2, 0.25) is 0 Å². The molecular weight excluding hydrogens is 272 g/mol. The molecule has 1 aromatic carbocycles. The van der Waals surface area contributed by atoms with E-state index >= 15 is 0 Å². The summed E-state index contributed by atoms with van der Waals surface area (Å²) in [5.74, 6) is 0.875. The van der Waals surface area contributed by atoms with Gasteiger partial charge in [0.15, 0.2) is 0 Å². The Morgan fingerprint density at radius 1 is 1.38 bits per heavy atom. The zero-order valence-electron chi connectivity index (χ0n) is 11.8. The predicted octanol–water partition coefficient (Wildman–Crippen LogP) is 3.53. The summed E-state index contributed by atoms with van der Waals surface area (Å²) in [5.41, 5.74) is 1.33. The molecule has 6 heteroatoms. The summed E-state index contributed by atoms with van der Waals surface area (Å²) in [6.07, 6.45) is 1.47. The van der Waals surface area contributed by atoms with E-state index in [1.54, 1.807) is 18.2 Å². The van der Waals surface area contributed by atoms with Crippen molar-refractivity contribution in [2.24, 2.45) is 0 Å². The van der Waals surface area contributed by atoms with Crippen molar-refractivity contribution in [1.82, 2.24) is 4.98 Å². The highest BCUT2D eigenvalue weighted by Crippen LogP contribution is 2.29. The van der Waals surface area contributed by atoms with Crippen LogP contribution in [0.25, 0.3) is 0 Å². The van der Waals surface area contributed by atoms with E-state index in [2.05, 4.69) is 4.98 Å². The van der Waals surface area contributed by atoms with Crippen LogP contribution in [0, 0.1) is 17.0 Å². The minimum absolute atomic E-state index is 0.0263. The Hall–Kier alpha value is -2.47. The molecule has 1 heterocycles. The Labute approximate surface area is 122 Å². The van der Waals surface area contributed by atoms with Gasteiger partial charge in [-0.05, 0) is 37.1 Å². The van der Waals surface area contributed by atoms with Gasteiger partial charge >= 0.3 is 0 Å². The second kappa shape index (κ2) is 6.32. The van der Waals surface area contributed by atoms with E-state index in [0.717, 1.165) is 5.56 Å². The van der Waals surface area contributed by atoms with Gasteiger partial charge in [0.05, 0.1) is 29.0 Å². The summed E-state index contributed by atoms with van der Waals surface area (Å²) in [6, 6.07) is 7.80. The molecule has 110 valence electrons. The fourth-order valence-electron chi connectivity index (χ4n) is 1.80. The van der Waals surface area contributed by atoms with Gasteiger partial charge in [0.25, 0.3) is 5.69 Å². The van der Waals surface area contributed by atoms with Gasteiger partial charge < -0.3 is 9.84 Å². The molecule has 1 atom stereocenters. The fraction of sp³-hybridized carbons (Fsp3) is 0.267. The third-order valence-corrected chi connectivity index (χ3v) is 3.10. The first-order valence-electron chi connectivity index (χ1n) is 6.58. The molecule has 0 saturated carbocycles. The van der Waals surface area contributed by atoms with Gasteiger partial charge in [-0.25, -0.2) is 0 Å². The number of nitro groups is 1. The number of non-ortho nitro benzene ring substituents is 1. The van der Waals surface area contributed by atoms with Crippen LogP contribution >= 0.6 is 0 Å². The molecule has 0 bridgehead atoms. The first-order chi connectivity index (χ1) is 10.0. The van der Waals surface area contributed by atoms with Crippen LogP contribution in [0.2, 0.25) is 0 Å². The predicted molar refractivity (Wildman–Crippen MR) is 77.4 cm³/mol. The van der Waals surface area contributed by atoms with Crippen molar-refractivity contribution in [1.29, 1.82) is 0 Å². The van der Waals surface area contributed by atoms with Crippen LogP contribution < -0.4 is 4.74 Å². The maximum absolute atomic E-state index is 10.8. The summed E-state index contributed by atoms with van der Waals surface area (Å²) in [4.78, 5) is 14.4. The van der Waals surface area contributed by atoms with Crippen LogP contribution in [0.1, 0.15) is 30.7 Å². The van der Waals surface area contributed by atoms with Gasteiger partial charge in [0, 0.05) is 6.07 Å². The second-order valence-corrected chi connectivity index (χ2v) is 4.65. The Morgan fingerprint density at radius 2 is 2.14 bits per heavy atom. The van der Waals surface area contributed by atoms with E-state index in [4.69, 9.17) is 4.74 Å². The van der Waals surface area contributed by atoms with Crippen molar-refractivity contribution in [3.05, 3.63) is 57.9 Å². The monoisotopic (exact) mass is 288 g/mol. The van der Waals surface area contributed by atoms with Crippen molar-refractivity contribution >= 4 is 5.69 Å². The number of hydrogen-bond acceptors (Lipinski definition) is 5. The van der Waals surface area contributed by atoms with Crippen LogP contribution in [0.5, 0.6) is 11.5 Å². The average Bonchev–Trinajstić information content (AvgIpc) is 2.49. The Morgan fingerprint density at radius 3 is 2.71 bits per heavy atom. The van der Waals surface area contributed by atoms with Gasteiger partial charge in [-0.1, -0.05) is 6.92 Å². The lowest BCUT2D eigenvalue weighted by molar-refractivity contribution is -0.384. The third-order valence-electron chi connectivity index (χ3n) is 3.10. The number of nitrogens with zero attached hydrogens (tertiary/aromatic N) is 2. The molecule has 1 unspecified atom stereocenters. The van der Waals surface area contributed by atoms with Crippen molar-refractivity contribution in [2.75, 3.05) is 0 Å². The SMILES string of the molecule is CCC(O)c1ccc(Oc2cc([N+](=O)[O-])ccc2C)cn1. The Kier molecular flexibility index (Phi) is 4.49. The van der Waals surface area contributed by atoms with E-state index in [1.807, 2.05) is 13.8 Å². The molecular formula is C15H16N2O4. The lowest BCUT2D eigenvalue weighted by Crippen LogP contribution is -1.98. The van der Waals surface area contributed by atoms with E-state index < -0.39 is 11.0 Å². The summed E-state index contributed by atoms with van der Waals surface area (Å²) in [7, 11) is 0. The topological polar surface area (TPSA) is 85.5 Å². The zero-order valence-corrected chi connectivity index (χ0v) is 11.8. The number of benzene rings is 1. The van der Waals surface area contributed by atoms with Crippen LogP contribution in [0.3, 0.4) is 0 Å². The van der Waals surface area contributed by atoms with Crippen molar-refractivity contribution < 1.29 is 14.8 Å². The number of ether oxygens (including phenoxy) is 1. The van der Waals surface area contributed by atoms with E-state index in [9.17, 15) is 15.2 Å². The number of aromatic nitrogens is 1. The Balaban J connectivity index is 2.22. The first-order valence-corrected chi connectivity index (χ1v) is 6.58. The van der Waals surface area contributed by atoms with Crippen molar-refractivity contribution in [3.8, 4) is 11.5 Å². The van der Waals surface area contributed by atoms with Gasteiger partial charge in [0.1, 0.15) is 11.5 Å². The summed E-state index contributed by atoms with van der Waals surface area (Å²) < 4.78 is 5.62. The molecule has 2 rings (SSSR count). The average molecular weight is 288 g/mol. The summed E-state index contributed by atoms with van der Waals surface area (Å²) in [5, 5.41) is 20.5. The molecule has 0 spiro atoms. The first kappa shape index (κ1) is 14.9. The largest absolute Gasteiger partial charge is 0.455 e. The molecule has 1 aromatic heterocycles. The molecule has 21 heavy (non-hydrogen) atoms. The number of rotatable bonds is 5. The molecule has 1 N–H and O–H groups in total. The molecule has 6 nitrogen and oxygen atoms in total. The summed E-state index contributed by atoms with van der Waals surface area (Å²) in [6.45, 7) is 3.67. The maximum atomic E-state index is 10.8. The molecule has 0 amide bonds. The van der Waals surface area contributed by atoms with E-state index in [1.165, 1.54) is 18.3 Å². The van der Waals surface area contributed by atoms with Crippen molar-refractivity contribution in [3.63, 3.8) is 0 Å². The van der Waals surface area contributed by atoms with Crippen LogP contribution in [0.4, 0.5) is 5.69 Å². The minimum Gasteiger partial charge on any atom is -0.455 e. The van der Waals surface area contributed by atoms with Crippen LogP contribution in [0.15, 0.2) is 36.5 Å². The molecule has 2 aromatic rings. The number of pyridine rings is 1. The lowest BCUT2D eigenvalue weighted by Gasteiger charge is -2.10. The smallest absolute Gasteiger partial charge is 0.273 e. The number of aliphatic hydroxyl groups is 1. The number of hydrogen-bond donors (Lipinski definition) is 1. The molecule has 0 fully saturated rings. The van der Waals surface area contributed by atoms with Gasteiger partial charge in [-0.15, -0.1) is 0 Å². The van der Waals surface area contributed by atoms with E-state index in [-0.39, 0.29) is 5.69 Å². The van der Waals surface area contributed by atoms with Crippen LogP contribution in [-0.2, 0) is 0 Å². The maximum Gasteiger partial charge on any atom is 0.273 e. The third kappa shape index (κ3) is 3.55. The fourth-order valence-corrected chi connectivity index (χ4v) is 1.80. The normalized spacial score (nSPS) is 12.0. The second-order valence-electron chi connectivity index (χ2n) is 4.65. The van der Waals surface area contributed by atoms with Gasteiger partial charge in [-0.3, -0.25) is 15.1 Å². The Bertz CT molecular complexity index is 641. The zero-order chi connectivity index (χ0) is 15.4. The molecule has 0 aliphatic rings. The number of nitro benzene ring substituents is 1. The molecule has 0 saturated heterocycles. The number of aryl methyl sites for hydroxylation is 1. The highest BCUT2D eigenvalue weighted by atomic mass is 16.6. The van der Waals surface area contributed by atoms with Crippen LogP contribution in [-0.4, -0.2) is 15.0 Å². The van der Waals surface area contributed by atoms with E-state index in [0.29, 0.717) is 23.6 Å². The molecule has 0 radical (unpaired) electrons. The molecule has 0 aliphatic carbocycles. The number of aliphatic hydroxyl groups excluding tert-OH is 1. The highest BCUT2D eigenvalue weighted by Gasteiger charge is 2.11. The van der Waals surface area contributed by atoms with Gasteiger partial charge in [-0.2, -0.15) is 0 Å². The highest BCUT2D eigenvalue weighted by molar-refractivity contribution is 5.45. The molecule has 0 aliphatic heterocycles. The quantitative estimate of drug-likeness (QED) is 0.672. The minimum atomic E-state index is -0.599. The van der Waals surface area contributed by atoms with Crippen molar-refractivity contribution in [2.45, 2.75) is 26.4 Å². The lowest BCUT2D eigenvalue weighted by atomic mass is 10.2. The standard InChI is InChI=1S/C15H16N2O4/c1-3-14(18)13-7-6-12(9-16-13)21-15-8-11(17(19)20)5-4-10(15)2/h4-9,14,18H,3H2,1-2H3.